The molecule has 2 aromatic carbocycles. The maximum Gasteiger partial charge on any atom is 0.290 e. The molecule has 6 heteroatoms. The molecule has 1 aromatic heterocycles. The molecular formula is C17H12ClFN2O2. The van der Waals surface area contributed by atoms with E-state index in [1.165, 1.54) is 18.2 Å². The van der Waals surface area contributed by atoms with Crippen LogP contribution in [-0.2, 0) is 6.54 Å². The van der Waals surface area contributed by atoms with Gasteiger partial charge in [0, 0.05) is 23.2 Å². The largest absolute Gasteiger partial charge is 0.350 e. The molecule has 0 radical (unpaired) electrons. The van der Waals surface area contributed by atoms with Crippen LogP contribution in [0.4, 0.5) is 4.39 Å². The first-order chi connectivity index (χ1) is 11.1. The van der Waals surface area contributed by atoms with Crippen molar-refractivity contribution in [3.05, 3.63) is 76.8 Å². The summed E-state index contributed by atoms with van der Waals surface area (Å²) in [6, 6.07) is 14.5. The lowest BCUT2D eigenvalue weighted by molar-refractivity contribution is 0.0914. The van der Waals surface area contributed by atoms with Gasteiger partial charge in [0.1, 0.15) is 11.5 Å². The summed E-state index contributed by atoms with van der Waals surface area (Å²) >= 11 is 5.81. The Morgan fingerprint density at radius 3 is 2.70 bits per heavy atom. The van der Waals surface area contributed by atoms with E-state index in [2.05, 4.69) is 10.5 Å². The van der Waals surface area contributed by atoms with E-state index in [1.807, 2.05) is 12.1 Å². The molecule has 0 bridgehead atoms. The summed E-state index contributed by atoms with van der Waals surface area (Å²) in [6.07, 6.45) is 0. The Kier molecular flexibility index (Phi) is 4.39. The van der Waals surface area contributed by atoms with Crippen LogP contribution in [0, 0.1) is 5.82 Å². The minimum atomic E-state index is -0.393. The van der Waals surface area contributed by atoms with Crippen molar-refractivity contribution in [1.82, 2.24) is 10.5 Å². The highest BCUT2D eigenvalue weighted by Gasteiger charge is 2.14. The maximum atomic E-state index is 13.2. The number of hydrogen-bond acceptors (Lipinski definition) is 3. The second-order valence-corrected chi connectivity index (χ2v) is 5.33. The SMILES string of the molecule is O=C(NCc1ccc(Cl)cc1)c1cc(-c2cccc(F)c2)no1. The quantitative estimate of drug-likeness (QED) is 0.784. The molecule has 0 spiro atoms. The number of carbonyl (C=O) groups is 1. The summed E-state index contributed by atoms with van der Waals surface area (Å²) in [4.78, 5) is 12.1. The van der Waals surface area contributed by atoms with Gasteiger partial charge in [-0.15, -0.1) is 0 Å². The first-order valence-electron chi connectivity index (χ1n) is 6.87. The molecule has 0 saturated carbocycles. The minimum absolute atomic E-state index is 0.0678. The first kappa shape index (κ1) is 15.2. The summed E-state index contributed by atoms with van der Waals surface area (Å²) in [6.45, 7) is 0.339. The molecule has 3 rings (SSSR count). The van der Waals surface area contributed by atoms with Gasteiger partial charge in [0.25, 0.3) is 5.91 Å². The van der Waals surface area contributed by atoms with Gasteiger partial charge in [-0.25, -0.2) is 4.39 Å². The number of nitrogens with zero attached hydrogens (tertiary/aromatic N) is 1. The van der Waals surface area contributed by atoms with Crippen LogP contribution in [0.5, 0.6) is 0 Å². The molecule has 0 aliphatic carbocycles. The van der Waals surface area contributed by atoms with E-state index in [4.69, 9.17) is 16.1 Å². The second kappa shape index (κ2) is 6.62. The van der Waals surface area contributed by atoms with E-state index in [0.717, 1.165) is 5.56 Å². The number of benzene rings is 2. The third kappa shape index (κ3) is 3.76. The summed E-state index contributed by atoms with van der Waals surface area (Å²) in [5, 5.41) is 7.15. The fourth-order valence-corrected chi connectivity index (χ4v) is 2.16. The maximum absolute atomic E-state index is 13.2. The zero-order chi connectivity index (χ0) is 16.2. The van der Waals surface area contributed by atoms with Crippen LogP contribution in [0.25, 0.3) is 11.3 Å². The Hall–Kier alpha value is -2.66. The van der Waals surface area contributed by atoms with Crippen molar-refractivity contribution in [2.24, 2.45) is 0 Å². The van der Waals surface area contributed by atoms with Gasteiger partial charge in [0.15, 0.2) is 0 Å². The van der Waals surface area contributed by atoms with Gasteiger partial charge < -0.3 is 9.84 Å². The lowest BCUT2D eigenvalue weighted by Gasteiger charge is -2.02. The highest BCUT2D eigenvalue weighted by Crippen LogP contribution is 2.20. The third-order valence-electron chi connectivity index (χ3n) is 3.22. The standard InChI is InChI=1S/C17H12ClFN2O2/c18-13-6-4-11(5-7-13)10-20-17(22)16-9-15(21-23-16)12-2-1-3-14(19)8-12/h1-9H,10H2,(H,20,22). The summed E-state index contributed by atoms with van der Waals surface area (Å²) in [5.74, 6) is -0.701. The lowest BCUT2D eigenvalue weighted by atomic mass is 10.1. The lowest BCUT2D eigenvalue weighted by Crippen LogP contribution is -2.22. The zero-order valence-corrected chi connectivity index (χ0v) is 12.7. The number of aromatic nitrogens is 1. The van der Waals surface area contributed by atoms with Crippen molar-refractivity contribution in [1.29, 1.82) is 0 Å². The highest BCUT2D eigenvalue weighted by molar-refractivity contribution is 6.30. The van der Waals surface area contributed by atoms with Crippen LogP contribution in [-0.4, -0.2) is 11.1 Å². The Labute approximate surface area is 136 Å². The van der Waals surface area contributed by atoms with Crippen molar-refractivity contribution < 1.29 is 13.7 Å². The first-order valence-corrected chi connectivity index (χ1v) is 7.25. The normalized spacial score (nSPS) is 10.5. The zero-order valence-electron chi connectivity index (χ0n) is 11.9. The van der Waals surface area contributed by atoms with Crippen molar-refractivity contribution in [2.75, 3.05) is 0 Å². The fourth-order valence-electron chi connectivity index (χ4n) is 2.04. The van der Waals surface area contributed by atoms with Gasteiger partial charge >= 0.3 is 0 Å². The smallest absolute Gasteiger partial charge is 0.290 e. The molecule has 0 unspecified atom stereocenters. The fraction of sp³-hybridized carbons (Fsp3) is 0.0588. The number of nitrogens with one attached hydrogen (secondary N) is 1. The van der Waals surface area contributed by atoms with E-state index < -0.39 is 5.91 Å². The van der Waals surface area contributed by atoms with E-state index >= 15 is 0 Å². The molecule has 1 heterocycles. The Bertz CT molecular complexity index is 831. The average molecular weight is 331 g/mol. The number of amides is 1. The molecule has 23 heavy (non-hydrogen) atoms. The van der Waals surface area contributed by atoms with Crippen molar-refractivity contribution in [2.45, 2.75) is 6.54 Å². The molecule has 0 saturated heterocycles. The number of rotatable bonds is 4. The van der Waals surface area contributed by atoms with Gasteiger partial charge in [-0.3, -0.25) is 4.79 Å². The van der Waals surface area contributed by atoms with E-state index in [1.54, 1.807) is 24.3 Å². The summed E-state index contributed by atoms with van der Waals surface area (Å²) in [7, 11) is 0. The average Bonchev–Trinajstić information content (AvgIpc) is 3.04. The third-order valence-corrected chi connectivity index (χ3v) is 3.47. The minimum Gasteiger partial charge on any atom is -0.350 e. The van der Waals surface area contributed by atoms with E-state index in [9.17, 15) is 9.18 Å². The molecule has 0 aliphatic heterocycles. The van der Waals surface area contributed by atoms with Crippen molar-refractivity contribution in [3.8, 4) is 11.3 Å². The van der Waals surface area contributed by atoms with Gasteiger partial charge in [-0.1, -0.05) is 41.0 Å². The van der Waals surface area contributed by atoms with Gasteiger partial charge in [-0.2, -0.15) is 0 Å². The summed E-state index contributed by atoms with van der Waals surface area (Å²) < 4.78 is 18.2. The molecule has 3 aromatic rings. The monoisotopic (exact) mass is 330 g/mol. The van der Waals surface area contributed by atoms with Crippen LogP contribution in [0.2, 0.25) is 5.02 Å². The predicted molar refractivity (Wildman–Crippen MR) is 84.5 cm³/mol. The van der Waals surface area contributed by atoms with Crippen molar-refractivity contribution in [3.63, 3.8) is 0 Å². The van der Waals surface area contributed by atoms with Crippen molar-refractivity contribution >= 4 is 17.5 Å². The van der Waals surface area contributed by atoms with Crippen LogP contribution >= 0.6 is 11.6 Å². The molecule has 1 amide bonds. The van der Waals surface area contributed by atoms with Crippen LogP contribution in [0.3, 0.4) is 0 Å². The number of halogens is 2. The predicted octanol–water partition coefficient (Wildman–Crippen LogP) is 4.06. The molecular weight excluding hydrogens is 319 g/mol. The molecule has 0 fully saturated rings. The Morgan fingerprint density at radius 1 is 1.17 bits per heavy atom. The Morgan fingerprint density at radius 2 is 1.96 bits per heavy atom. The van der Waals surface area contributed by atoms with Crippen LogP contribution in [0.15, 0.2) is 59.1 Å². The number of hydrogen-bond donors (Lipinski definition) is 1. The molecule has 1 N–H and O–H groups in total. The van der Waals surface area contributed by atoms with E-state index in [0.29, 0.717) is 22.8 Å². The topological polar surface area (TPSA) is 55.1 Å². The van der Waals surface area contributed by atoms with E-state index in [-0.39, 0.29) is 11.6 Å². The van der Waals surface area contributed by atoms with Crippen LogP contribution in [0.1, 0.15) is 16.1 Å². The Balaban J connectivity index is 1.67. The molecule has 4 nitrogen and oxygen atoms in total. The molecule has 116 valence electrons. The number of carbonyl (C=O) groups excluding carboxylic acids is 1. The van der Waals surface area contributed by atoms with Gasteiger partial charge in [-0.05, 0) is 29.8 Å². The highest BCUT2D eigenvalue weighted by atomic mass is 35.5. The molecule has 0 atom stereocenters. The van der Waals surface area contributed by atoms with Gasteiger partial charge in [0.05, 0.1) is 0 Å². The second-order valence-electron chi connectivity index (χ2n) is 4.90. The van der Waals surface area contributed by atoms with Crippen LogP contribution < -0.4 is 5.32 Å². The van der Waals surface area contributed by atoms with Gasteiger partial charge in [0.2, 0.25) is 5.76 Å². The molecule has 0 aliphatic rings. The summed E-state index contributed by atoms with van der Waals surface area (Å²) in [5.41, 5.74) is 1.86.